The number of amides is 2. The molecule has 3 aliphatic heterocycles. The number of hydrogen-bond donors (Lipinski definition) is 1. The van der Waals surface area contributed by atoms with Crippen LogP contribution in [0.15, 0.2) is 24.5 Å². The molecule has 1 aromatic heterocycles. The second kappa shape index (κ2) is 11.6. The third-order valence-electron chi connectivity index (χ3n) is 9.24. The quantitative estimate of drug-likeness (QED) is 0.483. The molecule has 0 bridgehead atoms. The van der Waals surface area contributed by atoms with E-state index in [1.165, 1.54) is 11.0 Å². The van der Waals surface area contributed by atoms with E-state index in [0.717, 1.165) is 0 Å². The molecule has 14 heteroatoms. The lowest BCUT2D eigenvalue weighted by Gasteiger charge is -2.42. The number of nitrogens with one attached hydrogen (secondary N) is 1. The fourth-order valence-electron chi connectivity index (χ4n) is 6.93. The van der Waals surface area contributed by atoms with Crippen molar-refractivity contribution in [3.63, 3.8) is 0 Å². The summed E-state index contributed by atoms with van der Waals surface area (Å²) in [5.74, 6) is -2.51. The van der Waals surface area contributed by atoms with Crippen LogP contribution in [0.5, 0.6) is 6.01 Å². The van der Waals surface area contributed by atoms with E-state index >= 15 is 0 Å². The lowest BCUT2D eigenvalue weighted by molar-refractivity contribution is -0.131. The Hall–Kier alpha value is -3.89. The molecule has 10 nitrogen and oxygen atoms in total. The summed E-state index contributed by atoms with van der Waals surface area (Å²) >= 11 is 6.29. The van der Waals surface area contributed by atoms with E-state index in [1.807, 2.05) is 16.8 Å². The van der Waals surface area contributed by atoms with Gasteiger partial charge in [0.2, 0.25) is 5.91 Å². The van der Waals surface area contributed by atoms with E-state index in [9.17, 15) is 28.0 Å². The molecule has 232 valence electrons. The number of nitrogens with zero attached hydrogens (tertiary/aromatic N) is 6. The number of alkyl halides is 1. The van der Waals surface area contributed by atoms with Crippen LogP contribution in [-0.4, -0.2) is 89.7 Å². The second-order valence-corrected chi connectivity index (χ2v) is 12.2. The third kappa shape index (κ3) is 5.13. The smallest absolute Gasteiger partial charge is 0.318 e. The number of anilines is 2. The van der Waals surface area contributed by atoms with Gasteiger partial charge in [-0.3, -0.25) is 14.5 Å². The number of piperazine rings is 1. The predicted molar refractivity (Wildman–Crippen MR) is 155 cm³/mol. The maximum atomic E-state index is 14.3. The molecule has 2 aromatic rings. The lowest BCUT2D eigenvalue weighted by atomic mass is 9.74. The van der Waals surface area contributed by atoms with Gasteiger partial charge in [0.25, 0.3) is 5.91 Å². The summed E-state index contributed by atoms with van der Waals surface area (Å²) in [5, 5.41) is 12.4. The maximum absolute atomic E-state index is 14.3. The number of halogens is 4. The monoisotopic (exact) mass is 629 g/mol. The molecule has 6 rings (SSSR count). The Kier molecular flexibility index (Phi) is 7.92. The van der Waals surface area contributed by atoms with Crippen LogP contribution in [0.4, 0.5) is 24.7 Å². The average Bonchev–Trinajstić information content (AvgIpc) is 3.52. The minimum absolute atomic E-state index is 0.00383. The number of hydrogen-bond acceptors (Lipinski definition) is 8. The molecule has 2 fully saturated rings. The van der Waals surface area contributed by atoms with E-state index in [0.29, 0.717) is 54.1 Å². The summed E-state index contributed by atoms with van der Waals surface area (Å²) in [6, 6.07) is 4.09. The van der Waals surface area contributed by atoms with Gasteiger partial charge in [-0.2, -0.15) is 15.2 Å². The Labute approximate surface area is 257 Å². The van der Waals surface area contributed by atoms with Crippen LogP contribution in [0, 0.1) is 17.1 Å². The van der Waals surface area contributed by atoms with E-state index < -0.39 is 35.2 Å². The maximum Gasteiger partial charge on any atom is 0.318 e. The van der Waals surface area contributed by atoms with E-state index in [4.69, 9.17) is 16.3 Å². The van der Waals surface area contributed by atoms with Crippen LogP contribution in [0.25, 0.3) is 0 Å². The number of nitriles is 1. The van der Waals surface area contributed by atoms with Crippen LogP contribution < -0.4 is 15.0 Å². The Morgan fingerprint density at radius 3 is 2.80 bits per heavy atom. The molecule has 44 heavy (non-hydrogen) atoms. The first-order valence-corrected chi connectivity index (χ1v) is 14.8. The Morgan fingerprint density at radius 2 is 2.09 bits per heavy atom. The van der Waals surface area contributed by atoms with Crippen molar-refractivity contribution in [3.05, 3.63) is 52.2 Å². The topological polar surface area (TPSA) is 115 Å². The highest BCUT2D eigenvalue weighted by atomic mass is 35.5. The fourth-order valence-corrected chi connectivity index (χ4v) is 7.19. The van der Waals surface area contributed by atoms with Crippen LogP contribution in [0.2, 0.25) is 5.02 Å². The van der Waals surface area contributed by atoms with Crippen molar-refractivity contribution in [3.8, 4) is 12.1 Å². The van der Waals surface area contributed by atoms with Crippen molar-refractivity contribution in [1.29, 1.82) is 5.26 Å². The second-order valence-electron chi connectivity index (χ2n) is 11.9. The lowest BCUT2D eigenvalue weighted by Crippen LogP contribution is -2.56. The molecule has 2 saturated heterocycles. The summed E-state index contributed by atoms with van der Waals surface area (Å²) in [4.78, 5) is 40.6. The van der Waals surface area contributed by atoms with Crippen molar-refractivity contribution in [1.82, 2.24) is 19.8 Å². The average molecular weight is 630 g/mol. The summed E-state index contributed by atoms with van der Waals surface area (Å²) in [5.41, 5.74) is 1.06. The molecule has 0 saturated carbocycles. The highest BCUT2D eigenvalue weighted by Gasteiger charge is 2.50. The van der Waals surface area contributed by atoms with Gasteiger partial charge in [0, 0.05) is 38.6 Å². The van der Waals surface area contributed by atoms with Gasteiger partial charge >= 0.3 is 6.01 Å². The molecule has 3 unspecified atom stereocenters. The van der Waals surface area contributed by atoms with Gasteiger partial charge in [0.1, 0.15) is 24.3 Å². The van der Waals surface area contributed by atoms with Gasteiger partial charge in [-0.25, -0.2) is 13.2 Å². The number of aromatic nitrogens is 2. The standard InChI is InChI=1S/C30H31ClF3N7O3/c1-16(32)27(42)41-10-9-40(14-18(41)6-8-35)26-25-23(36-29(38-26)44-15-19-11-17(33)13-39(19)2)12-30(28(43)37-25)7-5-20-21(30)3-4-22(34)24(20)31/h3-4,17-19H,1,5-7,9-15H2,2H3,(H,37,43)/t17?,18?,19-,30?/m0/s1. The van der Waals surface area contributed by atoms with Gasteiger partial charge in [-0.1, -0.05) is 24.2 Å². The molecule has 1 aromatic carbocycles. The number of fused-ring (bicyclic) bond motifs is 3. The summed E-state index contributed by atoms with van der Waals surface area (Å²) in [6.07, 6.45) is 0.280. The minimum atomic E-state index is -1.11. The van der Waals surface area contributed by atoms with Crippen molar-refractivity contribution in [2.24, 2.45) is 0 Å². The van der Waals surface area contributed by atoms with E-state index in [1.54, 1.807) is 6.07 Å². The number of likely N-dealkylation sites (tertiary alicyclic amines) is 1. The Morgan fingerprint density at radius 1 is 1.30 bits per heavy atom. The molecule has 1 spiro atoms. The van der Waals surface area contributed by atoms with Gasteiger partial charge < -0.3 is 19.9 Å². The Balaban J connectivity index is 1.37. The zero-order valence-corrected chi connectivity index (χ0v) is 24.8. The summed E-state index contributed by atoms with van der Waals surface area (Å²) in [6.45, 7) is 3.99. The van der Waals surface area contributed by atoms with Gasteiger partial charge in [0.05, 0.1) is 34.7 Å². The number of likely N-dealkylation sites (N-methyl/N-ethyl adjacent to an activating group) is 1. The molecule has 4 aliphatic rings. The number of carbonyl (C=O) groups is 2. The van der Waals surface area contributed by atoms with Crippen molar-refractivity contribution < 1.29 is 27.5 Å². The first-order valence-electron chi connectivity index (χ1n) is 14.5. The predicted octanol–water partition coefficient (Wildman–Crippen LogP) is 3.48. The van der Waals surface area contributed by atoms with Crippen LogP contribution in [0.1, 0.15) is 36.1 Å². The Bertz CT molecular complexity index is 1590. The summed E-state index contributed by atoms with van der Waals surface area (Å²) < 4.78 is 48.1. The molecule has 0 radical (unpaired) electrons. The van der Waals surface area contributed by atoms with Crippen molar-refractivity contribution in [2.75, 3.05) is 50.1 Å². The fraction of sp³-hybridized carbons (Fsp3) is 0.500. The van der Waals surface area contributed by atoms with Gasteiger partial charge in [-0.05, 0) is 43.5 Å². The van der Waals surface area contributed by atoms with Gasteiger partial charge in [0.15, 0.2) is 11.6 Å². The van der Waals surface area contributed by atoms with Gasteiger partial charge in [-0.15, -0.1) is 0 Å². The molecule has 4 heterocycles. The summed E-state index contributed by atoms with van der Waals surface area (Å²) in [7, 11) is 1.82. The largest absolute Gasteiger partial charge is 0.462 e. The third-order valence-corrected chi connectivity index (χ3v) is 9.65. The zero-order valence-electron chi connectivity index (χ0n) is 24.1. The van der Waals surface area contributed by atoms with Crippen LogP contribution in [-0.2, 0) is 27.8 Å². The van der Waals surface area contributed by atoms with E-state index in [-0.39, 0.29) is 62.1 Å². The van der Waals surface area contributed by atoms with Crippen LogP contribution >= 0.6 is 11.6 Å². The molecule has 1 N–H and O–H groups in total. The normalized spacial score (nSPS) is 26.3. The number of rotatable bonds is 6. The first kappa shape index (κ1) is 30.1. The molecule has 4 atom stereocenters. The number of carbonyl (C=O) groups excluding carboxylic acids is 2. The van der Waals surface area contributed by atoms with Crippen LogP contribution in [0.3, 0.4) is 0 Å². The minimum Gasteiger partial charge on any atom is -0.462 e. The molecular formula is C30H31ClF3N7O3. The first-order chi connectivity index (χ1) is 21.0. The SMILES string of the molecule is C=C(F)C(=O)N1CCN(c2nc(OC[C@@H]3CC(F)CN3C)nc3c2NC(=O)C2(CCc4c2ccc(F)c4Cl)C3)CC1CC#N. The zero-order chi connectivity index (χ0) is 31.3. The van der Waals surface area contributed by atoms with Crippen molar-refractivity contribution >= 4 is 34.9 Å². The number of benzene rings is 1. The molecule has 2 amide bonds. The number of ether oxygens (including phenoxy) is 1. The van der Waals surface area contributed by atoms with Crippen molar-refractivity contribution in [2.45, 2.75) is 55.8 Å². The molecular weight excluding hydrogens is 599 g/mol. The highest BCUT2D eigenvalue weighted by molar-refractivity contribution is 6.31. The highest BCUT2D eigenvalue weighted by Crippen LogP contribution is 2.49. The van der Waals surface area contributed by atoms with E-state index in [2.05, 4.69) is 27.9 Å². The molecule has 1 aliphatic carbocycles.